The number of aliphatic hydroxyl groups excluding tert-OH is 1. The first-order chi connectivity index (χ1) is 7.29. The molecule has 0 saturated heterocycles. The summed E-state index contributed by atoms with van der Waals surface area (Å²) in [5.41, 5.74) is 0.808. The molecule has 0 aliphatic carbocycles. The number of Topliss-reactive ketones (excluding diaryl/α,β-unsaturated/α-hetero) is 1. The topological polar surface area (TPSA) is 37.3 Å². The molecule has 1 aromatic rings. The number of rotatable bonds is 6. The molecule has 2 nitrogen and oxygen atoms in total. The molecule has 0 amide bonds. The van der Waals surface area contributed by atoms with Gasteiger partial charge in [-0.1, -0.05) is 18.2 Å². The lowest BCUT2D eigenvalue weighted by Crippen LogP contribution is -2.01. The van der Waals surface area contributed by atoms with Gasteiger partial charge in [-0.3, -0.25) is 4.79 Å². The highest BCUT2D eigenvalue weighted by Crippen LogP contribution is 2.21. The molecule has 0 fully saturated rings. The van der Waals surface area contributed by atoms with Gasteiger partial charge in [0.2, 0.25) is 0 Å². The van der Waals surface area contributed by atoms with Gasteiger partial charge in [0.05, 0.1) is 0 Å². The van der Waals surface area contributed by atoms with E-state index < -0.39 is 0 Å². The van der Waals surface area contributed by atoms with Crippen molar-refractivity contribution in [3.63, 3.8) is 0 Å². The molecule has 15 heavy (non-hydrogen) atoms. The maximum atomic E-state index is 11.8. The Balaban J connectivity index is 2.64. The number of aliphatic hydroxyl groups is 1. The molecule has 0 unspecified atom stereocenters. The van der Waals surface area contributed by atoms with Gasteiger partial charge in [-0.15, -0.1) is 11.8 Å². The van der Waals surface area contributed by atoms with Crippen LogP contribution in [-0.2, 0) is 0 Å². The zero-order valence-electron chi connectivity index (χ0n) is 8.90. The highest BCUT2D eigenvalue weighted by molar-refractivity contribution is 7.98. The standard InChI is InChI=1S/C12H16O2S/c1-15-12-8-3-2-6-10(12)11(14)7-4-5-9-13/h2-3,6,8,13H,4-5,7,9H2,1H3. The van der Waals surface area contributed by atoms with Crippen LogP contribution in [0, 0.1) is 0 Å². The summed E-state index contributed by atoms with van der Waals surface area (Å²) in [5, 5.41) is 8.64. The van der Waals surface area contributed by atoms with Gasteiger partial charge in [-0.25, -0.2) is 0 Å². The molecule has 0 atom stereocenters. The van der Waals surface area contributed by atoms with Crippen molar-refractivity contribution in [3.05, 3.63) is 29.8 Å². The molecule has 3 heteroatoms. The lowest BCUT2D eigenvalue weighted by molar-refractivity contribution is 0.0974. The largest absolute Gasteiger partial charge is 0.396 e. The first-order valence-corrected chi connectivity index (χ1v) is 6.29. The summed E-state index contributed by atoms with van der Waals surface area (Å²) in [5.74, 6) is 0.174. The van der Waals surface area contributed by atoms with E-state index in [-0.39, 0.29) is 12.4 Å². The fraction of sp³-hybridized carbons (Fsp3) is 0.417. The van der Waals surface area contributed by atoms with Crippen molar-refractivity contribution in [3.8, 4) is 0 Å². The average molecular weight is 224 g/mol. The Morgan fingerprint density at radius 3 is 2.73 bits per heavy atom. The van der Waals surface area contributed by atoms with Crippen LogP contribution >= 0.6 is 11.8 Å². The number of carbonyl (C=O) groups is 1. The van der Waals surface area contributed by atoms with Crippen LogP contribution in [0.25, 0.3) is 0 Å². The molecule has 0 aliphatic rings. The van der Waals surface area contributed by atoms with E-state index in [1.54, 1.807) is 11.8 Å². The molecule has 0 spiro atoms. The quantitative estimate of drug-likeness (QED) is 0.458. The van der Waals surface area contributed by atoms with Crippen LogP contribution in [0.3, 0.4) is 0 Å². The number of hydrogen-bond acceptors (Lipinski definition) is 3. The minimum Gasteiger partial charge on any atom is -0.396 e. The van der Waals surface area contributed by atoms with E-state index in [2.05, 4.69) is 0 Å². The number of thioether (sulfide) groups is 1. The third kappa shape index (κ3) is 3.68. The third-order valence-electron chi connectivity index (χ3n) is 2.22. The molecule has 0 saturated carbocycles. The zero-order valence-corrected chi connectivity index (χ0v) is 9.72. The van der Waals surface area contributed by atoms with Gasteiger partial charge in [-0.05, 0) is 25.2 Å². The van der Waals surface area contributed by atoms with E-state index in [1.165, 1.54) is 0 Å². The molecule has 1 rings (SSSR count). The number of ketones is 1. The van der Waals surface area contributed by atoms with Crippen LogP contribution in [0.1, 0.15) is 29.6 Å². The highest BCUT2D eigenvalue weighted by atomic mass is 32.2. The van der Waals surface area contributed by atoms with Crippen LogP contribution < -0.4 is 0 Å². The van der Waals surface area contributed by atoms with Gasteiger partial charge in [0, 0.05) is 23.5 Å². The molecule has 1 N–H and O–H groups in total. The average Bonchev–Trinajstić information content (AvgIpc) is 2.29. The van der Waals surface area contributed by atoms with Crippen molar-refractivity contribution in [2.75, 3.05) is 12.9 Å². The predicted octanol–water partition coefficient (Wildman–Crippen LogP) is 2.75. The maximum absolute atomic E-state index is 11.8. The summed E-state index contributed by atoms with van der Waals surface area (Å²) in [4.78, 5) is 12.8. The first-order valence-electron chi connectivity index (χ1n) is 5.06. The Morgan fingerprint density at radius 1 is 1.33 bits per heavy atom. The summed E-state index contributed by atoms with van der Waals surface area (Å²) in [6, 6.07) is 7.66. The van der Waals surface area contributed by atoms with Crippen molar-refractivity contribution in [1.82, 2.24) is 0 Å². The SMILES string of the molecule is CSc1ccccc1C(=O)CCCCO. The molecule has 0 heterocycles. The van der Waals surface area contributed by atoms with E-state index in [1.807, 2.05) is 30.5 Å². The number of carbonyl (C=O) groups excluding carboxylic acids is 1. The summed E-state index contributed by atoms with van der Waals surface area (Å²) in [6.07, 6.45) is 3.96. The third-order valence-corrected chi connectivity index (χ3v) is 3.02. The van der Waals surface area contributed by atoms with Gasteiger partial charge in [0.15, 0.2) is 5.78 Å². The minimum absolute atomic E-state index is 0.164. The van der Waals surface area contributed by atoms with Gasteiger partial charge in [0.25, 0.3) is 0 Å². The molecule has 82 valence electrons. The van der Waals surface area contributed by atoms with Crippen molar-refractivity contribution in [2.24, 2.45) is 0 Å². The fourth-order valence-corrected chi connectivity index (χ4v) is 2.02. The lowest BCUT2D eigenvalue weighted by atomic mass is 10.1. The van der Waals surface area contributed by atoms with Crippen molar-refractivity contribution in [1.29, 1.82) is 0 Å². The predicted molar refractivity (Wildman–Crippen MR) is 63.5 cm³/mol. The molecule has 0 aliphatic heterocycles. The van der Waals surface area contributed by atoms with E-state index in [0.29, 0.717) is 12.8 Å². The fourth-order valence-electron chi connectivity index (χ4n) is 1.41. The summed E-state index contributed by atoms with van der Waals surface area (Å²) < 4.78 is 0. The van der Waals surface area contributed by atoms with E-state index in [0.717, 1.165) is 16.9 Å². The minimum atomic E-state index is 0.164. The summed E-state index contributed by atoms with van der Waals surface area (Å²) in [7, 11) is 0. The van der Waals surface area contributed by atoms with Crippen molar-refractivity contribution >= 4 is 17.5 Å². The Hall–Kier alpha value is -0.800. The number of unbranched alkanes of at least 4 members (excludes halogenated alkanes) is 1. The van der Waals surface area contributed by atoms with Crippen LogP contribution in [0.4, 0.5) is 0 Å². The second-order valence-corrected chi connectivity index (χ2v) is 4.15. The van der Waals surface area contributed by atoms with Crippen molar-refractivity contribution < 1.29 is 9.90 Å². The smallest absolute Gasteiger partial charge is 0.164 e. The molecular weight excluding hydrogens is 208 g/mol. The summed E-state index contributed by atoms with van der Waals surface area (Å²) in [6.45, 7) is 0.164. The van der Waals surface area contributed by atoms with Gasteiger partial charge in [-0.2, -0.15) is 0 Å². The normalized spacial score (nSPS) is 10.3. The Bertz CT molecular complexity index is 323. The monoisotopic (exact) mass is 224 g/mol. The van der Waals surface area contributed by atoms with Crippen molar-refractivity contribution in [2.45, 2.75) is 24.2 Å². The lowest BCUT2D eigenvalue weighted by Gasteiger charge is -2.05. The number of hydrogen-bond donors (Lipinski definition) is 1. The van der Waals surface area contributed by atoms with E-state index >= 15 is 0 Å². The zero-order chi connectivity index (χ0) is 11.1. The van der Waals surface area contributed by atoms with E-state index in [4.69, 9.17) is 5.11 Å². The van der Waals surface area contributed by atoms with Crippen LogP contribution in [0.5, 0.6) is 0 Å². The van der Waals surface area contributed by atoms with Gasteiger partial charge < -0.3 is 5.11 Å². The Kier molecular flexibility index (Phi) is 5.43. The maximum Gasteiger partial charge on any atom is 0.164 e. The van der Waals surface area contributed by atoms with Gasteiger partial charge >= 0.3 is 0 Å². The van der Waals surface area contributed by atoms with Gasteiger partial charge in [0.1, 0.15) is 0 Å². The molecule has 0 aromatic heterocycles. The second kappa shape index (κ2) is 6.64. The molecule has 1 aromatic carbocycles. The molecule has 0 radical (unpaired) electrons. The Morgan fingerprint density at radius 2 is 2.07 bits per heavy atom. The Labute approximate surface area is 94.7 Å². The molecule has 0 bridgehead atoms. The first kappa shape index (κ1) is 12.3. The number of benzene rings is 1. The van der Waals surface area contributed by atoms with E-state index in [9.17, 15) is 4.79 Å². The molecular formula is C12H16O2S. The highest BCUT2D eigenvalue weighted by Gasteiger charge is 2.09. The van der Waals surface area contributed by atoms with Crippen LogP contribution in [-0.4, -0.2) is 23.8 Å². The van der Waals surface area contributed by atoms with Crippen LogP contribution in [0.2, 0.25) is 0 Å². The second-order valence-electron chi connectivity index (χ2n) is 3.30. The van der Waals surface area contributed by atoms with Crippen LogP contribution in [0.15, 0.2) is 29.2 Å². The summed E-state index contributed by atoms with van der Waals surface area (Å²) >= 11 is 1.59.